The van der Waals surface area contributed by atoms with E-state index in [2.05, 4.69) is 10.3 Å². The van der Waals surface area contributed by atoms with E-state index in [9.17, 15) is 14.0 Å². The molecule has 1 N–H and O–H groups in total. The van der Waals surface area contributed by atoms with Gasteiger partial charge in [-0.1, -0.05) is 12.1 Å². The smallest absolute Gasteiger partial charge is 0.309 e. The summed E-state index contributed by atoms with van der Waals surface area (Å²) in [5.74, 6) is -1.44. The van der Waals surface area contributed by atoms with Crippen molar-refractivity contribution in [2.24, 2.45) is 5.92 Å². The average Bonchev–Trinajstić information content (AvgIpc) is 2.96. The highest BCUT2D eigenvalue weighted by molar-refractivity contribution is 7.15. The van der Waals surface area contributed by atoms with Crippen LogP contribution in [0.15, 0.2) is 24.3 Å². The zero-order valence-corrected chi connectivity index (χ0v) is 14.0. The van der Waals surface area contributed by atoms with Crippen LogP contribution >= 0.6 is 11.3 Å². The first-order valence-electron chi connectivity index (χ1n) is 7.79. The van der Waals surface area contributed by atoms with E-state index in [0.717, 1.165) is 10.6 Å². The molecule has 1 heterocycles. The van der Waals surface area contributed by atoms with E-state index in [1.807, 2.05) is 0 Å². The Morgan fingerprint density at radius 3 is 2.96 bits per heavy atom. The number of fused-ring (bicyclic) bond motifs is 1. The van der Waals surface area contributed by atoms with Gasteiger partial charge < -0.3 is 4.74 Å². The van der Waals surface area contributed by atoms with E-state index in [4.69, 9.17) is 4.74 Å². The van der Waals surface area contributed by atoms with Gasteiger partial charge in [-0.25, -0.2) is 9.37 Å². The number of ether oxygens (including phenoxy) is 1. The Morgan fingerprint density at radius 2 is 2.21 bits per heavy atom. The number of hydrogen-bond donors (Lipinski definition) is 1. The first-order valence-corrected chi connectivity index (χ1v) is 8.61. The molecule has 1 amide bonds. The van der Waals surface area contributed by atoms with Crippen LogP contribution in [-0.4, -0.2) is 23.5 Å². The van der Waals surface area contributed by atoms with Gasteiger partial charge in [0.25, 0.3) is 5.91 Å². The van der Waals surface area contributed by atoms with Crippen molar-refractivity contribution >= 4 is 28.3 Å². The molecule has 24 heavy (non-hydrogen) atoms. The Bertz CT molecular complexity index is 775. The van der Waals surface area contributed by atoms with Gasteiger partial charge in [-0.2, -0.15) is 0 Å². The molecule has 5 nitrogen and oxygen atoms in total. The number of hydrogen-bond acceptors (Lipinski definition) is 5. The van der Waals surface area contributed by atoms with E-state index in [-0.39, 0.29) is 17.5 Å². The van der Waals surface area contributed by atoms with Gasteiger partial charge in [-0.3, -0.25) is 14.9 Å². The second kappa shape index (κ2) is 7.09. The lowest BCUT2D eigenvalue weighted by Crippen LogP contribution is -2.24. The van der Waals surface area contributed by atoms with Crippen LogP contribution in [0, 0.1) is 11.7 Å². The third-order valence-corrected chi connectivity index (χ3v) is 4.93. The monoisotopic (exact) mass is 348 g/mol. The van der Waals surface area contributed by atoms with E-state index in [1.165, 1.54) is 29.5 Å². The fourth-order valence-corrected chi connectivity index (χ4v) is 3.78. The summed E-state index contributed by atoms with van der Waals surface area (Å²) >= 11 is 1.33. The summed E-state index contributed by atoms with van der Waals surface area (Å²) < 4.78 is 18.7. The largest absolute Gasteiger partial charge is 0.466 e. The number of halogens is 1. The molecular weight excluding hydrogens is 331 g/mol. The highest BCUT2D eigenvalue weighted by atomic mass is 32.1. The minimum Gasteiger partial charge on any atom is -0.466 e. The molecule has 0 aliphatic heterocycles. The van der Waals surface area contributed by atoms with Gasteiger partial charge in [0.15, 0.2) is 5.13 Å². The Morgan fingerprint density at radius 1 is 1.42 bits per heavy atom. The van der Waals surface area contributed by atoms with Crippen molar-refractivity contribution in [1.29, 1.82) is 0 Å². The number of aryl methyl sites for hydroxylation is 1. The van der Waals surface area contributed by atoms with Gasteiger partial charge >= 0.3 is 5.97 Å². The molecule has 1 aromatic carbocycles. The van der Waals surface area contributed by atoms with Gasteiger partial charge in [0.05, 0.1) is 23.8 Å². The molecule has 1 aliphatic rings. The minimum absolute atomic E-state index is 0.0185. The van der Waals surface area contributed by atoms with Crippen LogP contribution in [0.1, 0.15) is 34.3 Å². The summed E-state index contributed by atoms with van der Waals surface area (Å²) in [6.45, 7) is 2.16. The van der Waals surface area contributed by atoms with Gasteiger partial charge in [0, 0.05) is 4.88 Å². The summed E-state index contributed by atoms with van der Waals surface area (Å²) in [5, 5.41) is 3.07. The molecule has 126 valence electrons. The number of amides is 1. The number of nitrogens with zero attached hydrogens (tertiary/aromatic N) is 1. The second-order valence-corrected chi connectivity index (χ2v) is 6.60. The second-order valence-electron chi connectivity index (χ2n) is 5.51. The molecule has 0 saturated carbocycles. The van der Waals surface area contributed by atoms with Crippen LogP contribution < -0.4 is 5.32 Å². The fourth-order valence-electron chi connectivity index (χ4n) is 2.70. The first kappa shape index (κ1) is 16.6. The SMILES string of the molecule is CCOC(=O)C1CCc2nc(NC(=O)c3ccccc3F)sc2C1. The van der Waals surface area contributed by atoms with Crippen LogP contribution in [0.5, 0.6) is 0 Å². The topological polar surface area (TPSA) is 68.3 Å². The maximum Gasteiger partial charge on any atom is 0.309 e. The number of benzene rings is 1. The zero-order chi connectivity index (χ0) is 17.1. The number of esters is 1. The standard InChI is InChI=1S/C17H17FN2O3S/c1-2-23-16(22)10-7-8-13-14(9-10)24-17(19-13)20-15(21)11-5-3-4-6-12(11)18/h3-6,10H,2,7-9H2,1H3,(H,19,20,21). The van der Waals surface area contributed by atoms with Crippen molar-refractivity contribution in [1.82, 2.24) is 4.98 Å². The predicted molar refractivity (Wildman–Crippen MR) is 88.6 cm³/mol. The highest BCUT2D eigenvalue weighted by Gasteiger charge is 2.28. The average molecular weight is 348 g/mol. The molecule has 1 aliphatic carbocycles. The summed E-state index contributed by atoms with van der Waals surface area (Å²) in [5.41, 5.74) is 0.874. The minimum atomic E-state index is -0.571. The van der Waals surface area contributed by atoms with Crippen molar-refractivity contribution in [3.05, 3.63) is 46.2 Å². The van der Waals surface area contributed by atoms with Gasteiger partial charge in [0.2, 0.25) is 0 Å². The Hall–Kier alpha value is -2.28. The number of carbonyl (C=O) groups is 2. The van der Waals surface area contributed by atoms with Crippen molar-refractivity contribution < 1.29 is 18.7 Å². The maximum absolute atomic E-state index is 13.7. The molecule has 1 unspecified atom stereocenters. The zero-order valence-electron chi connectivity index (χ0n) is 13.2. The lowest BCUT2D eigenvalue weighted by molar-refractivity contribution is -0.148. The quantitative estimate of drug-likeness (QED) is 0.862. The third kappa shape index (κ3) is 3.46. The van der Waals surface area contributed by atoms with E-state index in [0.29, 0.717) is 31.0 Å². The number of nitrogens with one attached hydrogen (secondary N) is 1. The summed E-state index contributed by atoms with van der Waals surface area (Å²) in [6, 6.07) is 5.80. The van der Waals surface area contributed by atoms with Gasteiger partial charge in [-0.05, 0) is 38.3 Å². The molecule has 0 spiro atoms. The van der Waals surface area contributed by atoms with Crippen molar-refractivity contribution in [2.75, 3.05) is 11.9 Å². The van der Waals surface area contributed by atoms with Crippen molar-refractivity contribution in [3.63, 3.8) is 0 Å². The van der Waals surface area contributed by atoms with Gasteiger partial charge in [-0.15, -0.1) is 11.3 Å². The van der Waals surface area contributed by atoms with Gasteiger partial charge in [0.1, 0.15) is 5.82 Å². The molecule has 2 aromatic rings. The molecule has 0 fully saturated rings. The van der Waals surface area contributed by atoms with E-state index in [1.54, 1.807) is 13.0 Å². The Kier molecular flexibility index (Phi) is 4.89. The molecule has 3 rings (SSSR count). The van der Waals surface area contributed by atoms with Crippen molar-refractivity contribution in [2.45, 2.75) is 26.2 Å². The summed E-state index contributed by atoms with van der Waals surface area (Å²) in [4.78, 5) is 29.4. The van der Waals surface area contributed by atoms with E-state index >= 15 is 0 Å². The highest BCUT2D eigenvalue weighted by Crippen LogP contribution is 2.33. The molecule has 0 bridgehead atoms. The third-order valence-electron chi connectivity index (χ3n) is 3.90. The number of rotatable bonds is 4. The number of thiazole rings is 1. The van der Waals surface area contributed by atoms with Crippen LogP contribution in [0.3, 0.4) is 0 Å². The van der Waals surface area contributed by atoms with Crippen LogP contribution in [0.25, 0.3) is 0 Å². The fraction of sp³-hybridized carbons (Fsp3) is 0.353. The van der Waals surface area contributed by atoms with Crippen LogP contribution in [0.2, 0.25) is 0 Å². The Labute approximate surface area is 142 Å². The molecule has 1 atom stereocenters. The lowest BCUT2D eigenvalue weighted by Gasteiger charge is -2.18. The number of aromatic nitrogens is 1. The lowest BCUT2D eigenvalue weighted by atomic mass is 9.91. The molecule has 7 heteroatoms. The van der Waals surface area contributed by atoms with E-state index < -0.39 is 11.7 Å². The normalized spacial score (nSPS) is 16.3. The molecule has 0 saturated heterocycles. The summed E-state index contributed by atoms with van der Waals surface area (Å²) in [6.07, 6.45) is 1.93. The molecule has 1 aromatic heterocycles. The van der Waals surface area contributed by atoms with Crippen molar-refractivity contribution in [3.8, 4) is 0 Å². The molecular formula is C17H17FN2O3S. The molecule has 0 radical (unpaired) electrons. The first-order chi connectivity index (χ1) is 11.6. The number of anilines is 1. The summed E-state index contributed by atoms with van der Waals surface area (Å²) in [7, 11) is 0. The number of carbonyl (C=O) groups excluding carboxylic acids is 2. The predicted octanol–water partition coefficient (Wildman–Crippen LogP) is 3.20. The van der Waals surface area contributed by atoms with Crippen LogP contribution in [0.4, 0.5) is 9.52 Å². The van der Waals surface area contributed by atoms with Crippen LogP contribution in [-0.2, 0) is 22.4 Å². The Balaban J connectivity index is 1.71. The maximum atomic E-state index is 13.7.